The average Bonchev–Trinajstić information content (AvgIpc) is 2.72. The zero-order valence-electron chi connectivity index (χ0n) is 18.5. The summed E-state index contributed by atoms with van der Waals surface area (Å²) in [5.74, 6) is -1.04. The second-order valence-electron chi connectivity index (χ2n) is 7.51. The molecule has 0 N–H and O–H groups in total. The standard InChI is InChI=1S/C24H33O5P/c1-6-27-30(26,28-7-2)24(23(25)29-19(3)4,18-21-14-10-8-11-15-21)20(5)22-16-12-9-13-17-22/h8-17,19-20H,6-7,18H2,1-5H3/t20-,24-/m1/s1. The molecule has 6 heteroatoms. The van der Waals surface area contributed by atoms with Gasteiger partial charge in [0.25, 0.3) is 0 Å². The van der Waals surface area contributed by atoms with Crippen molar-refractivity contribution in [2.45, 2.75) is 58.2 Å². The number of esters is 1. The minimum absolute atomic E-state index is 0.157. The molecule has 2 aromatic rings. The topological polar surface area (TPSA) is 61.8 Å². The molecule has 0 heterocycles. The Balaban J connectivity index is 2.77. The highest BCUT2D eigenvalue weighted by molar-refractivity contribution is 7.57. The van der Waals surface area contributed by atoms with Gasteiger partial charge in [-0.05, 0) is 38.8 Å². The first-order chi connectivity index (χ1) is 14.3. The van der Waals surface area contributed by atoms with Gasteiger partial charge in [-0.1, -0.05) is 67.6 Å². The fraction of sp³-hybridized carbons (Fsp3) is 0.458. The van der Waals surface area contributed by atoms with Gasteiger partial charge in [0, 0.05) is 12.3 Å². The summed E-state index contributed by atoms with van der Waals surface area (Å²) in [6, 6.07) is 19.1. The van der Waals surface area contributed by atoms with E-state index >= 15 is 0 Å². The van der Waals surface area contributed by atoms with Crippen LogP contribution in [0.5, 0.6) is 0 Å². The largest absolute Gasteiger partial charge is 0.462 e. The van der Waals surface area contributed by atoms with Crippen molar-refractivity contribution in [1.82, 2.24) is 0 Å². The smallest absolute Gasteiger partial charge is 0.348 e. The Hall–Kier alpha value is -1.94. The molecule has 0 spiro atoms. The summed E-state index contributed by atoms with van der Waals surface area (Å²) in [7, 11) is -3.93. The molecule has 2 atom stereocenters. The second-order valence-corrected chi connectivity index (χ2v) is 9.82. The summed E-state index contributed by atoms with van der Waals surface area (Å²) in [5.41, 5.74) is 1.73. The molecule has 0 fully saturated rings. The molecule has 0 bridgehead atoms. The van der Waals surface area contributed by atoms with Gasteiger partial charge in [-0.25, -0.2) is 0 Å². The summed E-state index contributed by atoms with van der Waals surface area (Å²) in [6.45, 7) is 9.27. The first-order valence-corrected chi connectivity index (χ1v) is 12.0. The van der Waals surface area contributed by atoms with Gasteiger partial charge in [0.05, 0.1) is 19.3 Å². The molecule has 2 rings (SSSR count). The van der Waals surface area contributed by atoms with Crippen molar-refractivity contribution in [3.8, 4) is 0 Å². The van der Waals surface area contributed by atoms with E-state index in [9.17, 15) is 9.36 Å². The summed E-state index contributed by atoms with van der Waals surface area (Å²) >= 11 is 0. The molecular weight excluding hydrogens is 399 g/mol. The van der Waals surface area contributed by atoms with Crippen molar-refractivity contribution in [2.24, 2.45) is 0 Å². The number of carbonyl (C=O) groups is 1. The lowest BCUT2D eigenvalue weighted by Gasteiger charge is -2.41. The van der Waals surface area contributed by atoms with Gasteiger partial charge in [-0.2, -0.15) is 0 Å². The Bertz CT molecular complexity index is 827. The maximum Gasteiger partial charge on any atom is 0.348 e. The SMILES string of the molecule is CCOP(=O)(OCC)[C@@](Cc1ccccc1)(C(=O)OC(C)C)[C@H](C)c1ccccc1. The number of carbonyl (C=O) groups excluding carboxylic acids is 1. The molecule has 0 saturated carbocycles. The van der Waals surface area contributed by atoms with Crippen LogP contribution in [0.2, 0.25) is 0 Å². The van der Waals surface area contributed by atoms with Crippen molar-refractivity contribution in [1.29, 1.82) is 0 Å². The molecule has 0 aliphatic heterocycles. The van der Waals surface area contributed by atoms with Crippen LogP contribution >= 0.6 is 7.60 Å². The number of benzene rings is 2. The van der Waals surface area contributed by atoms with E-state index in [1.807, 2.05) is 67.6 Å². The lowest BCUT2D eigenvalue weighted by Crippen LogP contribution is -2.48. The second kappa shape index (κ2) is 10.9. The molecule has 164 valence electrons. The minimum Gasteiger partial charge on any atom is -0.462 e. The number of hydrogen-bond donors (Lipinski definition) is 0. The molecule has 0 aliphatic carbocycles. The summed E-state index contributed by atoms with van der Waals surface area (Å²) in [6.07, 6.45) is -0.195. The highest BCUT2D eigenvalue weighted by Crippen LogP contribution is 2.66. The van der Waals surface area contributed by atoms with Crippen LogP contribution in [0.1, 0.15) is 51.7 Å². The molecule has 0 aliphatic rings. The third-order valence-electron chi connectivity index (χ3n) is 5.12. The van der Waals surface area contributed by atoms with Crippen molar-refractivity contribution in [3.05, 3.63) is 71.8 Å². The van der Waals surface area contributed by atoms with Gasteiger partial charge in [0.1, 0.15) is 0 Å². The highest BCUT2D eigenvalue weighted by Gasteiger charge is 2.61. The predicted molar refractivity (Wildman–Crippen MR) is 120 cm³/mol. The van der Waals surface area contributed by atoms with E-state index in [-0.39, 0.29) is 25.7 Å². The van der Waals surface area contributed by atoms with Crippen LogP contribution in [0.4, 0.5) is 0 Å². The average molecular weight is 432 g/mol. The van der Waals surface area contributed by atoms with E-state index in [1.54, 1.807) is 27.7 Å². The Morgan fingerprint density at radius 3 is 1.87 bits per heavy atom. The zero-order chi connectivity index (χ0) is 22.2. The molecule has 0 unspecified atom stereocenters. The minimum atomic E-state index is -3.93. The lowest BCUT2D eigenvalue weighted by molar-refractivity contribution is -0.152. The van der Waals surface area contributed by atoms with Crippen LogP contribution in [0.25, 0.3) is 0 Å². The van der Waals surface area contributed by atoms with Gasteiger partial charge in [-0.15, -0.1) is 0 Å². The fourth-order valence-corrected chi connectivity index (χ4v) is 6.19. The van der Waals surface area contributed by atoms with Crippen molar-refractivity contribution < 1.29 is 23.1 Å². The molecule has 5 nitrogen and oxygen atoms in total. The lowest BCUT2D eigenvalue weighted by atomic mass is 9.82. The van der Waals surface area contributed by atoms with Crippen LogP contribution in [0.3, 0.4) is 0 Å². The van der Waals surface area contributed by atoms with Gasteiger partial charge >= 0.3 is 13.6 Å². The first kappa shape index (κ1) is 24.3. The molecule has 0 saturated heterocycles. The molecule has 30 heavy (non-hydrogen) atoms. The molecular formula is C24H33O5P. The van der Waals surface area contributed by atoms with Crippen LogP contribution in [0, 0.1) is 0 Å². The van der Waals surface area contributed by atoms with E-state index in [2.05, 4.69) is 0 Å². The van der Waals surface area contributed by atoms with Crippen molar-refractivity contribution in [2.75, 3.05) is 13.2 Å². The fourth-order valence-electron chi connectivity index (χ4n) is 3.70. The molecule has 0 radical (unpaired) electrons. The van der Waals surface area contributed by atoms with Crippen molar-refractivity contribution >= 4 is 13.6 Å². The molecule has 0 aromatic heterocycles. The van der Waals surface area contributed by atoms with Crippen LogP contribution in [0.15, 0.2) is 60.7 Å². The third kappa shape index (κ3) is 5.21. The summed E-state index contributed by atoms with van der Waals surface area (Å²) in [5, 5.41) is -1.54. The Morgan fingerprint density at radius 2 is 1.40 bits per heavy atom. The zero-order valence-corrected chi connectivity index (χ0v) is 19.4. The van der Waals surface area contributed by atoms with Crippen LogP contribution < -0.4 is 0 Å². The summed E-state index contributed by atoms with van der Waals surface area (Å²) in [4.78, 5) is 13.7. The Labute approximate surface area is 180 Å². The maximum absolute atomic E-state index is 14.3. The molecule has 2 aromatic carbocycles. The Morgan fingerprint density at radius 1 is 0.900 bits per heavy atom. The predicted octanol–water partition coefficient (Wildman–Crippen LogP) is 5.99. The first-order valence-electron chi connectivity index (χ1n) is 10.5. The normalized spacial score (nSPS) is 14.9. The van der Waals surface area contributed by atoms with Gasteiger partial charge in [0.2, 0.25) is 0 Å². The van der Waals surface area contributed by atoms with E-state index in [1.165, 1.54) is 0 Å². The van der Waals surface area contributed by atoms with Gasteiger partial charge < -0.3 is 13.8 Å². The van der Waals surface area contributed by atoms with Gasteiger partial charge in [0.15, 0.2) is 5.16 Å². The van der Waals surface area contributed by atoms with Gasteiger partial charge in [-0.3, -0.25) is 9.36 Å². The number of hydrogen-bond acceptors (Lipinski definition) is 5. The third-order valence-corrected chi connectivity index (χ3v) is 8.02. The van der Waals surface area contributed by atoms with E-state index < -0.39 is 24.6 Å². The monoisotopic (exact) mass is 432 g/mol. The number of rotatable bonds is 11. The Kier molecular flexibility index (Phi) is 8.84. The van der Waals surface area contributed by atoms with E-state index in [0.717, 1.165) is 11.1 Å². The quantitative estimate of drug-likeness (QED) is 0.322. The number of ether oxygens (including phenoxy) is 1. The van der Waals surface area contributed by atoms with E-state index in [0.29, 0.717) is 0 Å². The van der Waals surface area contributed by atoms with Crippen molar-refractivity contribution in [3.63, 3.8) is 0 Å². The van der Waals surface area contributed by atoms with Crippen LogP contribution in [-0.4, -0.2) is 30.4 Å². The summed E-state index contributed by atoms with van der Waals surface area (Å²) < 4.78 is 31.6. The van der Waals surface area contributed by atoms with Crippen LogP contribution in [-0.2, 0) is 29.6 Å². The molecule has 0 amide bonds. The highest BCUT2D eigenvalue weighted by atomic mass is 31.2. The van der Waals surface area contributed by atoms with E-state index in [4.69, 9.17) is 13.8 Å². The maximum atomic E-state index is 14.3.